The molecule has 2 nitrogen and oxygen atoms in total. The van der Waals surface area contributed by atoms with Crippen molar-refractivity contribution in [2.75, 3.05) is 13.2 Å². The molecule has 1 aliphatic carbocycles. The third-order valence-corrected chi connectivity index (χ3v) is 4.34. The Kier molecular flexibility index (Phi) is 5.22. The van der Waals surface area contributed by atoms with Crippen molar-refractivity contribution in [3.05, 3.63) is 35.4 Å². The van der Waals surface area contributed by atoms with E-state index in [1.54, 1.807) is 0 Å². The molecule has 0 bridgehead atoms. The molecule has 2 N–H and O–H groups in total. The highest BCUT2D eigenvalue weighted by atomic mass is 16.2. The molecule has 0 heterocycles. The number of nitrogens with one attached hydrogen (secondary N) is 1. The molecule has 0 aliphatic heterocycles. The maximum absolute atomic E-state index is 8.99. The topological polar surface area (TPSA) is 32.3 Å². The molecule has 0 amide bonds. The van der Waals surface area contributed by atoms with Gasteiger partial charge in [0.15, 0.2) is 0 Å². The SMILES string of the molecule is Cc1ccc(C(NCC(C)(C)CCCO)C2CC2)cc1. The maximum atomic E-state index is 8.99. The first-order chi connectivity index (χ1) is 9.52. The quantitative estimate of drug-likeness (QED) is 0.755. The summed E-state index contributed by atoms with van der Waals surface area (Å²) in [4.78, 5) is 0. The molecule has 1 fully saturated rings. The molecule has 1 saturated carbocycles. The number of benzene rings is 1. The van der Waals surface area contributed by atoms with Gasteiger partial charge in [-0.2, -0.15) is 0 Å². The Morgan fingerprint density at radius 3 is 2.45 bits per heavy atom. The van der Waals surface area contributed by atoms with Crippen molar-refractivity contribution in [2.24, 2.45) is 11.3 Å². The van der Waals surface area contributed by atoms with Gasteiger partial charge in [-0.25, -0.2) is 0 Å². The van der Waals surface area contributed by atoms with Gasteiger partial charge < -0.3 is 10.4 Å². The minimum absolute atomic E-state index is 0.251. The molecular weight excluding hydrogens is 246 g/mol. The number of aliphatic hydroxyl groups excluding tert-OH is 1. The van der Waals surface area contributed by atoms with Gasteiger partial charge in [0.25, 0.3) is 0 Å². The fourth-order valence-corrected chi connectivity index (χ4v) is 2.79. The number of aliphatic hydroxyl groups is 1. The van der Waals surface area contributed by atoms with Crippen LogP contribution in [0.4, 0.5) is 0 Å². The van der Waals surface area contributed by atoms with Crippen molar-refractivity contribution >= 4 is 0 Å². The first-order valence-electron chi connectivity index (χ1n) is 7.93. The van der Waals surface area contributed by atoms with Gasteiger partial charge in [-0.1, -0.05) is 43.7 Å². The second kappa shape index (κ2) is 6.73. The summed E-state index contributed by atoms with van der Waals surface area (Å²) in [6, 6.07) is 9.47. The van der Waals surface area contributed by atoms with Gasteiger partial charge in [-0.3, -0.25) is 0 Å². The molecule has 0 saturated heterocycles. The van der Waals surface area contributed by atoms with Crippen molar-refractivity contribution in [1.29, 1.82) is 0 Å². The van der Waals surface area contributed by atoms with Crippen LogP contribution in [0.25, 0.3) is 0 Å². The smallest absolute Gasteiger partial charge is 0.0431 e. The van der Waals surface area contributed by atoms with Crippen LogP contribution in [0.1, 0.15) is 56.7 Å². The fourth-order valence-electron chi connectivity index (χ4n) is 2.79. The highest BCUT2D eigenvalue weighted by Gasteiger charge is 2.33. The molecule has 0 aromatic heterocycles. The monoisotopic (exact) mass is 275 g/mol. The van der Waals surface area contributed by atoms with Gasteiger partial charge >= 0.3 is 0 Å². The van der Waals surface area contributed by atoms with E-state index < -0.39 is 0 Å². The molecule has 20 heavy (non-hydrogen) atoms. The fraction of sp³-hybridized carbons (Fsp3) is 0.667. The van der Waals surface area contributed by atoms with Crippen LogP contribution in [0.15, 0.2) is 24.3 Å². The summed E-state index contributed by atoms with van der Waals surface area (Å²) in [7, 11) is 0. The molecule has 1 unspecified atom stereocenters. The van der Waals surface area contributed by atoms with Crippen LogP contribution in [-0.2, 0) is 0 Å². The number of aryl methyl sites for hydroxylation is 1. The van der Waals surface area contributed by atoms with Crippen molar-refractivity contribution in [3.8, 4) is 0 Å². The lowest BCUT2D eigenvalue weighted by Gasteiger charge is -2.29. The van der Waals surface area contributed by atoms with E-state index in [0.29, 0.717) is 12.6 Å². The Morgan fingerprint density at radius 1 is 1.25 bits per heavy atom. The molecule has 1 aromatic carbocycles. The maximum Gasteiger partial charge on any atom is 0.0431 e. The first kappa shape index (κ1) is 15.5. The van der Waals surface area contributed by atoms with Gasteiger partial charge in [0.1, 0.15) is 0 Å². The third-order valence-electron chi connectivity index (χ3n) is 4.34. The summed E-state index contributed by atoms with van der Waals surface area (Å²) >= 11 is 0. The zero-order chi connectivity index (χ0) is 14.6. The molecule has 1 aliphatic rings. The van der Waals surface area contributed by atoms with Crippen LogP contribution < -0.4 is 5.32 Å². The normalized spacial score (nSPS) is 17.2. The molecule has 2 heteroatoms. The van der Waals surface area contributed by atoms with Crippen LogP contribution in [0, 0.1) is 18.3 Å². The summed E-state index contributed by atoms with van der Waals surface area (Å²) in [5, 5.41) is 12.8. The Labute approximate surface area is 123 Å². The standard InChI is InChI=1S/C18H29NO/c1-14-5-7-15(8-6-14)17(16-9-10-16)19-13-18(2,3)11-4-12-20/h5-8,16-17,19-20H,4,9-13H2,1-3H3. The molecule has 112 valence electrons. The molecular formula is C18H29NO. The van der Waals surface area contributed by atoms with Crippen LogP contribution in [-0.4, -0.2) is 18.3 Å². The third kappa shape index (κ3) is 4.60. The summed E-state index contributed by atoms with van der Waals surface area (Å²) < 4.78 is 0. The number of hydrogen-bond donors (Lipinski definition) is 2. The predicted octanol–water partition coefficient (Wildman–Crippen LogP) is 3.83. The lowest BCUT2D eigenvalue weighted by Crippen LogP contribution is -2.33. The van der Waals surface area contributed by atoms with Gasteiger partial charge in [0, 0.05) is 19.2 Å². The predicted molar refractivity (Wildman–Crippen MR) is 84.7 cm³/mol. The second-order valence-corrected chi connectivity index (χ2v) is 7.10. The van der Waals surface area contributed by atoms with E-state index in [4.69, 9.17) is 5.11 Å². The van der Waals surface area contributed by atoms with E-state index in [0.717, 1.165) is 25.3 Å². The van der Waals surface area contributed by atoms with Gasteiger partial charge in [-0.15, -0.1) is 0 Å². The Morgan fingerprint density at radius 2 is 1.90 bits per heavy atom. The van der Waals surface area contributed by atoms with Gasteiger partial charge in [-0.05, 0) is 49.5 Å². The zero-order valence-electron chi connectivity index (χ0n) is 13.2. The van der Waals surface area contributed by atoms with Gasteiger partial charge in [0.05, 0.1) is 0 Å². The number of rotatable bonds is 8. The van der Waals surface area contributed by atoms with Crippen molar-refractivity contribution < 1.29 is 5.11 Å². The summed E-state index contributed by atoms with van der Waals surface area (Å²) in [6.45, 7) is 8.03. The molecule has 2 rings (SSSR count). The summed E-state index contributed by atoms with van der Waals surface area (Å²) in [5.41, 5.74) is 3.00. The summed E-state index contributed by atoms with van der Waals surface area (Å²) in [6.07, 6.45) is 4.67. The van der Waals surface area contributed by atoms with E-state index in [-0.39, 0.29) is 5.41 Å². The minimum Gasteiger partial charge on any atom is -0.396 e. The molecule has 0 radical (unpaired) electrons. The average molecular weight is 275 g/mol. The van der Waals surface area contributed by atoms with E-state index in [9.17, 15) is 0 Å². The van der Waals surface area contributed by atoms with E-state index in [2.05, 4.69) is 50.4 Å². The van der Waals surface area contributed by atoms with E-state index >= 15 is 0 Å². The Balaban J connectivity index is 1.94. The van der Waals surface area contributed by atoms with Crippen LogP contribution in [0.5, 0.6) is 0 Å². The average Bonchev–Trinajstić information content (AvgIpc) is 3.23. The second-order valence-electron chi connectivity index (χ2n) is 7.10. The van der Waals surface area contributed by atoms with Crippen LogP contribution >= 0.6 is 0 Å². The van der Waals surface area contributed by atoms with E-state index in [1.165, 1.54) is 24.0 Å². The largest absolute Gasteiger partial charge is 0.396 e. The highest BCUT2D eigenvalue weighted by Crippen LogP contribution is 2.41. The lowest BCUT2D eigenvalue weighted by atomic mass is 9.87. The molecule has 1 atom stereocenters. The summed E-state index contributed by atoms with van der Waals surface area (Å²) in [5.74, 6) is 0.811. The zero-order valence-corrected chi connectivity index (χ0v) is 13.2. The highest BCUT2D eigenvalue weighted by molar-refractivity contribution is 5.25. The van der Waals surface area contributed by atoms with Gasteiger partial charge in [0.2, 0.25) is 0 Å². The molecule has 0 spiro atoms. The molecule has 1 aromatic rings. The lowest BCUT2D eigenvalue weighted by molar-refractivity contribution is 0.229. The van der Waals surface area contributed by atoms with Crippen LogP contribution in [0.3, 0.4) is 0 Å². The first-order valence-corrected chi connectivity index (χ1v) is 7.93. The number of hydrogen-bond acceptors (Lipinski definition) is 2. The minimum atomic E-state index is 0.251. The van der Waals surface area contributed by atoms with Crippen molar-refractivity contribution in [2.45, 2.75) is 52.5 Å². The Bertz CT molecular complexity index is 406. The van der Waals surface area contributed by atoms with E-state index in [1.807, 2.05) is 0 Å². The Hall–Kier alpha value is -0.860. The van der Waals surface area contributed by atoms with Crippen molar-refractivity contribution in [3.63, 3.8) is 0 Å². The van der Waals surface area contributed by atoms with Crippen molar-refractivity contribution in [1.82, 2.24) is 5.32 Å². The van der Waals surface area contributed by atoms with Crippen LogP contribution in [0.2, 0.25) is 0 Å².